The van der Waals surface area contributed by atoms with Gasteiger partial charge in [-0.1, -0.05) is 11.6 Å². The van der Waals surface area contributed by atoms with E-state index in [-0.39, 0.29) is 6.61 Å². The number of hydrogen-bond donors (Lipinski definition) is 1. The largest absolute Gasteiger partial charge is 0.396 e. The SMILES string of the molecule is CN(CCCO)C1CCN(c2snc(Cl)c2C#N)CC1. The number of nitriles is 1. The number of nitrogens with zero attached hydrogens (tertiary/aromatic N) is 4. The Morgan fingerprint density at radius 2 is 2.25 bits per heavy atom. The molecule has 1 aromatic rings. The van der Waals surface area contributed by atoms with Gasteiger partial charge in [0.15, 0.2) is 5.15 Å². The zero-order valence-electron chi connectivity index (χ0n) is 11.5. The van der Waals surface area contributed by atoms with Crippen LogP contribution in [0, 0.1) is 11.3 Å². The molecule has 0 saturated carbocycles. The number of anilines is 1. The van der Waals surface area contributed by atoms with Crippen LogP contribution in [-0.2, 0) is 0 Å². The van der Waals surface area contributed by atoms with Gasteiger partial charge < -0.3 is 14.9 Å². The Morgan fingerprint density at radius 1 is 1.55 bits per heavy atom. The molecule has 1 saturated heterocycles. The molecule has 0 radical (unpaired) electrons. The normalized spacial score (nSPS) is 16.6. The third-order valence-electron chi connectivity index (χ3n) is 3.79. The second-order valence-electron chi connectivity index (χ2n) is 5.04. The molecule has 20 heavy (non-hydrogen) atoms. The first-order chi connectivity index (χ1) is 9.67. The maximum absolute atomic E-state index is 9.13. The maximum Gasteiger partial charge on any atom is 0.162 e. The number of piperidine rings is 1. The van der Waals surface area contributed by atoms with Crippen molar-refractivity contribution in [3.63, 3.8) is 0 Å². The lowest BCUT2D eigenvalue weighted by molar-refractivity contribution is 0.184. The van der Waals surface area contributed by atoms with Crippen molar-refractivity contribution in [2.45, 2.75) is 25.3 Å². The van der Waals surface area contributed by atoms with Crippen molar-refractivity contribution in [3.05, 3.63) is 10.7 Å². The summed E-state index contributed by atoms with van der Waals surface area (Å²) in [5.41, 5.74) is 0.503. The second-order valence-corrected chi connectivity index (χ2v) is 6.15. The molecule has 0 aliphatic carbocycles. The number of aromatic nitrogens is 1. The minimum absolute atomic E-state index is 0.244. The topological polar surface area (TPSA) is 63.4 Å². The van der Waals surface area contributed by atoms with Gasteiger partial charge in [-0.15, -0.1) is 0 Å². The number of aliphatic hydroxyl groups excluding tert-OH is 1. The van der Waals surface area contributed by atoms with Gasteiger partial charge in [0.1, 0.15) is 16.6 Å². The first-order valence-corrected chi connectivity index (χ1v) is 7.93. The van der Waals surface area contributed by atoms with Crippen molar-refractivity contribution < 1.29 is 5.11 Å². The Bertz CT molecular complexity index is 479. The third-order valence-corrected chi connectivity index (χ3v) is 5.07. The lowest BCUT2D eigenvalue weighted by atomic mass is 10.0. The van der Waals surface area contributed by atoms with E-state index in [1.165, 1.54) is 11.5 Å². The predicted octanol–water partition coefficient (Wildman–Crippen LogP) is 1.95. The molecule has 110 valence electrons. The summed E-state index contributed by atoms with van der Waals surface area (Å²) in [5, 5.41) is 19.2. The van der Waals surface area contributed by atoms with Crippen LogP contribution in [0.2, 0.25) is 5.15 Å². The highest BCUT2D eigenvalue weighted by molar-refractivity contribution is 7.10. The standard InChI is InChI=1S/C13H19ClN4OS/c1-17(5-2-8-19)10-3-6-18(7-4-10)13-11(9-15)12(14)16-20-13/h10,19H,2-8H2,1H3. The maximum atomic E-state index is 9.13. The molecule has 7 heteroatoms. The summed E-state index contributed by atoms with van der Waals surface area (Å²) in [4.78, 5) is 4.52. The van der Waals surface area contributed by atoms with Gasteiger partial charge in [-0.05, 0) is 37.8 Å². The minimum Gasteiger partial charge on any atom is -0.396 e. The molecule has 1 aliphatic heterocycles. The highest BCUT2D eigenvalue weighted by atomic mass is 35.5. The molecule has 0 amide bonds. The van der Waals surface area contributed by atoms with E-state index < -0.39 is 0 Å². The van der Waals surface area contributed by atoms with Crippen molar-refractivity contribution in [2.24, 2.45) is 0 Å². The predicted molar refractivity (Wildman–Crippen MR) is 81.4 cm³/mol. The average Bonchev–Trinajstić information content (AvgIpc) is 2.85. The van der Waals surface area contributed by atoms with Crippen LogP contribution in [-0.4, -0.2) is 53.7 Å². The van der Waals surface area contributed by atoms with Crippen LogP contribution in [0.15, 0.2) is 0 Å². The zero-order chi connectivity index (χ0) is 14.5. The molecule has 0 unspecified atom stereocenters. The Morgan fingerprint density at radius 3 is 2.85 bits per heavy atom. The van der Waals surface area contributed by atoms with E-state index >= 15 is 0 Å². The molecule has 2 rings (SSSR count). The third kappa shape index (κ3) is 3.41. The molecule has 1 N–H and O–H groups in total. The summed E-state index contributed by atoms with van der Waals surface area (Å²) < 4.78 is 4.06. The Hall–Kier alpha value is -0.870. The number of halogens is 1. The number of rotatable bonds is 5. The van der Waals surface area contributed by atoms with E-state index in [9.17, 15) is 0 Å². The lowest BCUT2D eigenvalue weighted by Crippen LogP contribution is -2.43. The van der Waals surface area contributed by atoms with Gasteiger partial charge in [0.2, 0.25) is 0 Å². The van der Waals surface area contributed by atoms with Gasteiger partial charge >= 0.3 is 0 Å². The fraction of sp³-hybridized carbons (Fsp3) is 0.692. The van der Waals surface area contributed by atoms with E-state index in [1.807, 2.05) is 0 Å². The average molecular weight is 315 g/mol. The summed E-state index contributed by atoms with van der Waals surface area (Å²) in [6.45, 7) is 3.01. The molecule has 5 nitrogen and oxygen atoms in total. The van der Waals surface area contributed by atoms with Crippen molar-refractivity contribution >= 4 is 28.1 Å². The quantitative estimate of drug-likeness (QED) is 0.900. The number of aliphatic hydroxyl groups is 1. The first kappa shape index (κ1) is 15.5. The van der Waals surface area contributed by atoms with E-state index in [0.29, 0.717) is 16.8 Å². The lowest BCUT2D eigenvalue weighted by Gasteiger charge is -2.37. The summed E-state index contributed by atoms with van der Waals surface area (Å²) in [6.07, 6.45) is 2.93. The molecule has 0 bridgehead atoms. The molecule has 1 aromatic heterocycles. The number of hydrogen-bond acceptors (Lipinski definition) is 6. The Kier molecular flexibility index (Phi) is 5.61. The Labute approximate surface area is 128 Å². The van der Waals surface area contributed by atoms with Crippen molar-refractivity contribution in [2.75, 3.05) is 38.2 Å². The Balaban J connectivity index is 1.93. The fourth-order valence-electron chi connectivity index (χ4n) is 2.59. The van der Waals surface area contributed by atoms with Crippen LogP contribution in [0.25, 0.3) is 0 Å². The van der Waals surface area contributed by atoms with E-state index in [0.717, 1.165) is 43.9 Å². The van der Waals surface area contributed by atoms with Crippen molar-refractivity contribution in [1.82, 2.24) is 9.27 Å². The molecular formula is C13H19ClN4OS. The van der Waals surface area contributed by atoms with Crippen LogP contribution < -0.4 is 4.90 Å². The highest BCUT2D eigenvalue weighted by Gasteiger charge is 2.25. The molecular weight excluding hydrogens is 296 g/mol. The van der Waals surface area contributed by atoms with E-state index in [2.05, 4.69) is 27.3 Å². The first-order valence-electron chi connectivity index (χ1n) is 6.78. The van der Waals surface area contributed by atoms with Crippen LogP contribution in [0.4, 0.5) is 5.00 Å². The smallest absolute Gasteiger partial charge is 0.162 e. The van der Waals surface area contributed by atoms with Gasteiger partial charge in [0, 0.05) is 32.3 Å². The molecule has 2 heterocycles. The van der Waals surface area contributed by atoms with Crippen LogP contribution in [0.1, 0.15) is 24.8 Å². The van der Waals surface area contributed by atoms with Crippen molar-refractivity contribution in [3.8, 4) is 6.07 Å². The van der Waals surface area contributed by atoms with Crippen LogP contribution in [0.3, 0.4) is 0 Å². The molecule has 0 atom stereocenters. The summed E-state index contributed by atoms with van der Waals surface area (Å²) in [6, 6.07) is 2.69. The second kappa shape index (κ2) is 7.23. The van der Waals surface area contributed by atoms with Gasteiger partial charge in [-0.2, -0.15) is 9.64 Å². The molecule has 1 aliphatic rings. The summed E-state index contributed by atoms with van der Waals surface area (Å²) in [5.74, 6) is 0. The van der Waals surface area contributed by atoms with Crippen LogP contribution in [0.5, 0.6) is 0 Å². The van der Waals surface area contributed by atoms with Gasteiger partial charge in [0.05, 0.1) is 0 Å². The fourth-order valence-corrected chi connectivity index (χ4v) is 3.67. The molecule has 0 aromatic carbocycles. The molecule has 1 fully saturated rings. The highest BCUT2D eigenvalue weighted by Crippen LogP contribution is 2.33. The zero-order valence-corrected chi connectivity index (χ0v) is 13.1. The van der Waals surface area contributed by atoms with Crippen LogP contribution >= 0.6 is 23.1 Å². The summed E-state index contributed by atoms with van der Waals surface area (Å²) in [7, 11) is 2.11. The van der Waals surface area contributed by atoms with Gasteiger partial charge in [0.25, 0.3) is 0 Å². The van der Waals surface area contributed by atoms with E-state index in [4.69, 9.17) is 22.0 Å². The summed E-state index contributed by atoms with van der Waals surface area (Å²) >= 11 is 7.22. The van der Waals surface area contributed by atoms with Crippen molar-refractivity contribution in [1.29, 1.82) is 5.26 Å². The van der Waals surface area contributed by atoms with Gasteiger partial charge in [-0.25, -0.2) is 0 Å². The molecule has 0 spiro atoms. The monoisotopic (exact) mass is 314 g/mol. The van der Waals surface area contributed by atoms with E-state index in [1.54, 1.807) is 0 Å². The minimum atomic E-state index is 0.244. The van der Waals surface area contributed by atoms with Gasteiger partial charge in [-0.3, -0.25) is 0 Å².